The van der Waals surface area contributed by atoms with Gasteiger partial charge >= 0.3 is 0 Å². The highest BCUT2D eigenvalue weighted by Crippen LogP contribution is 2.24. The zero-order valence-electron chi connectivity index (χ0n) is 8.19. The highest BCUT2D eigenvalue weighted by Gasteiger charge is 2.20. The Hall–Kier alpha value is -0.930. The molecule has 1 aliphatic rings. The van der Waals surface area contributed by atoms with Crippen molar-refractivity contribution in [1.82, 2.24) is 10.3 Å². The largest absolute Gasteiger partial charge is 0.396 e. The Kier molecular flexibility index (Phi) is 3.11. The topological polar surface area (TPSA) is 45.2 Å². The third-order valence-electron chi connectivity index (χ3n) is 2.86. The molecule has 3 heteroatoms. The molecule has 2 unspecified atom stereocenters. The number of nitrogens with zero attached hydrogens (tertiary/aromatic N) is 1. The maximum atomic E-state index is 9.00. The first-order chi connectivity index (χ1) is 6.90. The average molecular weight is 192 g/mol. The van der Waals surface area contributed by atoms with Crippen LogP contribution in [0.5, 0.6) is 0 Å². The van der Waals surface area contributed by atoms with Gasteiger partial charge in [0, 0.05) is 31.6 Å². The van der Waals surface area contributed by atoms with Gasteiger partial charge in [-0.2, -0.15) is 0 Å². The second-order valence-corrected chi connectivity index (χ2v) is 3.87. The van der Waals surface area contributed by atoms with E-state index in [-0.39, 0.29) is 0 Å². The summed E-state index contributed by atoms with van der Waals surface area (Å²) < 4.78 is 0. The predicted octanol–water partition coefficient (Wildman–Crippen LogP) is 1.11. The molecule has 1 aromatic heterocycles. The summed E-state index contributed by atoms with van der Waals surface area (Å²) in [5.74, 6) is 0.433. The average Bonchev–Trinajstić information content (AvgIpc) is 2.30. The third-order valence-corrected chi connectivity index (χ3v) is 2.86. The van der Waals surface area contributed by atoms with Crippen LogP contribution in [-0.2, 0) is 0 Å². The van der Waals surface area contributed by atoms with Gasteiger partial charge in [-0.25, -0.2) is 0 Å². The minimum absolute atomic E-state index is 0.298. The van der Waals surface area contributed by atoms with Gasteiger partial charge < -0.3 is 10.4 Å². The number of hydrogen-bond donors (Lipinski definition) is 2. The molecule has 0 amide bonds. The molecule has 0 radical (unpaired) electrons. The summed E-state index contributed by atoms with van der Waals surface area (Å²) in [6.45, 7) is 1.21. The lowest BCUT2D eigenvalue weighted by molar-refractivity contribution is 0.184. The summed E-state index contributed by atoms with van der Waals surface area (Å²) in [4.78, 5) is 4.11. The van der Waals surface area contributed by atoms with E-state index in [9.17, 15) is 0 Å². The number of rotatable bonds is 2. The lowest BCUT2D eigenvalue weighted by Crippen LogP contribution is -2.34. The van der Waals surface area contributed by atoms with Crippen molar-refractivity contribution in [2.75, 3.05) is 13.2 Å². The molecule has 0 bridgehead atoms. The van der Waals surface area contributed by atoms with Crippen LogP contribution >= 0.6 is 0 Å². The zero-order valence-corrected chi connectivity index (χ0v) is 8.19. The van der Waals surface area contributed by atoms with Gasteiger partial charge in [0.25, 0.3) is 0 Å². The standard InChI is InChI=1S/C11H16N2O/c14-8-9-3-4-11(13-6-9)10-2-1-5-12-7-10/h1-2,5,7,9,11,13-14H,3-4,6,8H2. The Morgan fingerprint density at radius 2 is 2.43 bits per heavy atom. The van der Waals surface area contributed by atoms with Crippen molar-refractivity contribution in [3.63, 3.8) is 0 Å². The van der Waals surface area contributed by atoms with E-state index < -0.39 is 0 Å². The third kappa shape index (κ3) is 2.11. The molecule has 1 aliphatic heterocycles. The van der Waals surface area contributed by atoms with E-state index in [1.54, 1.807) is 6.20 Å². The van der Waals surface area contributed by atoms with E-state index in [1.165, 1.54) is 5.56 Å². The van der Waals surface area contributed by atoms with Gasteiger partial charge in [-0.3, -0.25) is 4.98 Å². The van der Waals surface area contributed by atoms with Crippen molar-refractivity contribution >= 4 is 0 Å². The summed E-state index contributed by atoms with van der Waals surface area (Å²) in [5, 5.41) is 12.4. The van der Waals surface area contributed by atoms with Crippen LogP contribution < -0.4 is 5.32 Å². The van der Waals surface area contributed by atoms with Gasteiger partial charge in [-0.05, 0) is 30.4 Å². The maximum absolute atomic E-state index is 9.00. The maximum Gasteiger partial charge on any atom is 0.0471 e. The number of pyridine rings is 1. The molecule has 1 fully saturated rings. The van der Waals surface area contributed by atoms with Crippen LogP contribution in [0.1, 0.15) is 24.4 Å². The Bertz CT molecular complexity index is 268. The minimum Gasteiger partial charge on any atom is -0.396 e. The molecule has 0 aromatic carbocycles. The second-order valence-electron chi connectivity index (χ2n) is 3.87. The molecule has 3 nitrogen and oxygen atoms in total. The zero-order chi connectivity index (χ0) is 9.80. The quantitative estimate of drug-likeness (QED) is 0.738. The Labute approximate surface area is 84.2 Å². The Balaban J connectivity index is 1.96. The van der Waals surface area contributed by atoms with Crippen molar-refractivity contribution in [1.29, 1.82) is 0 Å². The molecule has 14 heavy (non-hydrogen) atoms. The van der Waals surface area contributed by atoms with Gasteiger partial charge in [0.15, 0.2) is 0 Å². The molecule has 2 rings (SSSR count). The first-order valence-electron chi connectivity index (χ1n) is 5.14. The summed E-state index contributed by atoms with van der Waals surface area (Å²) in [6.07, 6.45) is 5.90. The Morgan fingerprint density at radius 3 is 3.00 bits per heavy atom. The molecule has 2 N–H and O–H groups in total. The lowest BCUT2D eigenvalue weighted by atomic mass is 9.92. The van der Waals surface area contributed by atoms with Crippen LogP contribution in [-0.4, -0.2) is 23.2 Å². The van der Waals surface area contributed by atoms with Crippen LogP contribution in [0, 0.1) is 5.92 Å². The molecule has 1 saturated heterocycles. The number of nitrogens with one attached hydrogen (secondary N) is 1. The van der Waals surface area contributed by atoms with Crippen molar-refractivity contribution < 1.29 is 5.11 Å². The molecule has 0 aliphatic carbocycles. The van der Waals surface area contributed by atoms with E-state index in [1.807, 2.05) is 12.3 Å². The summed E-state index contributed by atoms with van der Waals surface area (Å²) in [5.41, 5.74) is 1.25. The van der Waals surface area contributed by atoms with E-state index in [0.29, 0.717) is 18.6 Å². The van der Waals surface area contributed by atoms with Gasteiger partial charge in [-0.1, -0.05) is 6.07 Å². The summed E-state index contributed by atoms with van der Waals surface area (Å²) >= 11 is 0. The molecule has 76 valence electrons. The smallest absolute Gasteiger partial charge is 0.0471 e. The van der Waals surface area contributed by atoms with Crippen LogP contribution in [0.25, 0.3) is 0 Å². The number of aliphatic hydroxyl groups is 1. The minimum atomic E-state index is 0.298. The Morgan fingerprint density at radius 1 is 1.50 bits per heavy atom. The number of aliphatic hydroxyl groups excluding tert-OH is 1. The first kappa shape index (κ1) is 9.62. The monoisotopic (exact) mass is 192 g/mol. The van der Waals surface area contributed by atoms with E-state index in [0.717, 1.165) is 19.4 Å². The van der Waals surface area contributed by atoms with Crippen LogP contribution in [0.15, 0.2) is 24.5 Å². The fourth-order valence-electron chi connectivity index (χ4n) is 1.94. The van der Waals surface area contributed by atoms with Gasteiger partial charge in [0.2, 0.25) is 0 Å². The van der Waals surface area contributed by atoms with Gasteiger partial charge in [0.05, 0.1) is 0 Å². The van der Waals surface area contributed by atoms with E-state index in [2.05, 4.69) is 16.4 Å². The van der Waals surface area contributed by atoms with E-state index >= 15 is 0 Å². The van der Waals surface area contributed by atoms with E-state index in [4.69, 9.17) is 5.11 Å². The van der Waals surface area contributed by atoms with Crippen molar-refractivity contribution in [2.45, 2.75) is 18.9 Å². The predicted molar refractivity (Wildman–Crippen MR) is 54.8 cm³/mol. The highest BCUT2D eigenvalue weighted by atomic mass is 16.3. The van der Waals surface area contributed by atoms with Crippen molar-refractivity contribution in [3.8, 4) is 0 Å². The number of hydrogen-bond acceptors (Lipinski definition) is 3. The fraction of sp³-hybridized carbons (Fsp3) is 0.545. The lowest BCUT2D eigenvalue weighted by Gasteiger charge is -2.28. The fourth-order valence-corrected chi connectivity index (χ4v) is 1.94. The molecule has 2 heterocycles. The summed E-state index contributed by atoms with van der Waals surface area (Å²) in [6, 6.07) is 4.49. The SMILES string of the molecule is OCC1CCC(c2cccnc2)NC1. The molecule has 0 spiro atoms. The van der Waals surface area contributed by atoms with Crippen LogP contribution in [0.3, 0.4) is 0 Å². The molecule has 0 saturated carbocycles. The molecular weight excluding hydrogens is 176 g/mol. The first-order valence-corrected chi connectivity index (χ1v) is 5.14. The molecule has 2 atom stereocenters. The van der Waals surface area contributed by atoms with Gasteiger partial charge in [-0.15, -0.1) is 0 Å². The van der Waals surface area contributed by atoms with Gasteiger partial charge in [0.1, 0.15) is 0 Å². The summed E-state index contributed by atoms with van der Waals surface area (Å²) in [7, 11) is 0. The molecule has 1 aromatic rings. The molecular formula is C11H16N2O. The van der Waals surface area contributed by atoms with Crippen molar-refractivity contribution in [2.24, 2.45) is 5.92 Å². The second kappa shape index (κ2) is 4.53. The van der Waals surface area contributed by atoms with Crippen LogP contribution in [0.2, 0.25) is 0 Å². The van der Waals surface area contributed by atoms with Crippen LogP contribution in [0.4, 0.5) is 0 Å². The number of aromatic nitrogens is 1. The van der Waals surface area contributed by atoms with Crippen molar-refractivity contribution in [3.05, 3.63) is 30.1 Å². The highest BCUT2D eigenvalue weighted by molar-refractivity contribution is 5.14. The normalized spacial score (nSPS) is 27.5. The number of piperidine rings is 1.